The molecule has 0 aliphatic carbocycles. The lowest BCUT2D eigenvalue weighted by Gasteiger charge is -2.22. The average molecular weight is 987 g/mol. The first kappa shape index (κ1) is 68.3. The number of amides is 1. The van der Waals surface area contributed by atoms with Crippen LogP contribution in [0.4, 0.5) is 0 Å². The molecule has 0 bridgehead atoms. The Bertz CT molecular complexity index is 1090. The van der Waals surface area contributed by atoms with Crippen molar-refractivity contribution in [1.82, 2.24) is 5.32 Å². The van der Waals surface area contributed by atoms with Crippen LogP contribution in [0.5, 0.6) is 0 Å². The fourth-order valence-corrected chi connectivity index (χ4v) is 9.91. The molecule has 0 heterocycles. The molecule has 3 N–H and O–H groups in total. The van der Waals surface area contributed by atoms with Gasteiger partial charge in [0.15, 0.2) is 0 Å². The van der Waals surface area contributed by atoms with Crippen molar-refractivity contribution in [2.75, 3.05) is 13.2 Å². The Morgan fingerprint density at radius 1 is 0.400 bits per heavy atom. The Balaban J connectivity index is 3.36. The van der Waals surface area contributed by atoms with Gasteiger partial charge in [-0.25, -0.2) is 0 Å². The Labute approximate surface area is 437 Å². The standard InChI is InChI=1S/C64H123NO5/c1-3-5-7-9-11-13-14-34-38-42-46-50-54-58-64(69)70-59-55-51-47-43-39-36-33-31-29-27-25-23-21-19-17-15-16-18-20-22-24-26-28-30-32-35-37-41-45-49-53-57-63(68)65-61(60-66)62(67)56-52-48-44-40-12-10-8-6-4-2/h17,19,23,25,61-62,66-67H,3-16,18,20-22,24,26-60H2,1-2H3,(H,65,68)/b19-17-,25-23-. The molecule has 0 aromatic rings. The number of nitrogens with one attached hydrogen (secondary N) is 1. The summed E-state index contributed by atoms with van der Waals surface area (Å²) in [7, 11) is 0. The third-order valence-corrected chi connectivity index (χ3v) is 14.8. The van der Waals surface area contributed by atoms with Gasteiger partial charge in [-0.3, -0.25) is 9.59 Å². The van der Waals surface area contributed by atoms with Crippen LogP contribution in [0.2, 0.25) is 0 Å². The van der Waals surface area contributed by atoms with Crippen LogP contribution in [-0.4, -0.2) is 47.4 Å². The van der Waals surface area contributed by atoms with Gasteiger partial charge in [-0.15, -0.1) is 0 Å². The second-order valence-corrected chi connectivity index (χ2v) is 21.7. The lowest BCUT2D eigenvalue weighted by atomic mass is 10.0. The van der Waals surface area contributed by atoms with Gasteiger partial charge in [0, 0.05) is 12.8 Å². The highest BCUT2D eigenvalue weighted by Crippen LogP contribution is 2.18. The summed E-state index contributed by atoms with van der Waals surface area (Å²) in [5.74, 6) is -0.0208. The molecule has 6 nitrogen and oxygen atoms in total. The summed E-state index contributed by atoms with van der Waals surface area (Å²) >= 11 is 0. The van der Waals surface area contributed by atoms with E-state index in [1.807, 2.05) is 0 Å². The quantitative estimate of drug-likeness (QED) is 0.0321. The van der Waals surface area contributed by atoms with Crippen LogP contribution in [0.15, 0.2) is 24.3 Å². The summed E-state index contributed by atoms with van der Waals surface area (Å²) in [6, 6.07) is -0.538. The molecule has 70 heavy (non-hydrogen) atoms. The molecule has 2 atom stereocenters. The Morgan fingerprint density at radius 3 is 1.09 bits per heavy atom. The molecule has 0 saturated carbocycles. The molecule has 1 amide bonds. The van der Waals surface area contributed by atoms with Gasteiger partial charge >= 0.3 is 5.97 Å². The number of carbonyl (C=O) groups is 2. The summed E-state index contributed by atoms with van der Waals surface area (Å²) in [5, 5.41) is 23.1. The van der Waals surface area contributed by atoms with E-state index in [4.69, 9.17) is 4.74 Å². The number of aliphatic hydroxyl groups excluding tert-OH is 2. The van der Waals surface area contributed by atoms with Crippen molar-refractivity contribution in [3.8, 4) is 0 Å². The first-order valence-electron chi connectivity index (χ1n) is 31.6. The van der Waals surface area contributed by atoms with Gasteiger partial charge in [-0.1, -0.05) is 301 Å². The molecule has 0 saturated heterocycles. The molecule has 2 unspecified atom stereocenters. The van der Waals surface area contributed by atoms with Crippen molar-refractivity contribution >= 4 is 11.9 Å². The maximum Gasteiger partial charge on any atom is 0.305 e. The predicted octanol–water partition coefficient (Wildman–Crippen LogP) is 19.8. The number of hydrogen-bond donors (Lipinski definition) is 3. The van der Waals surface area contributed by atoms with Gasteiger partial charge in [0.2, 0.25) is 5.91 Å². The topological polar surface area (TPSA) is 95.9 Å². The highest BCUT2D eigenvalue weighted by Gasteiger charge is 2.20. The van der Waals surface area contributed by atoms with Gasteiger partial charge in [0.25, 0.3) is 0 Å². The third kappa shape index (κ3) is 55.7. The number of rotatable bonds is 59. The number of ether oxygens (including phenoxy) is 1. The van der Waals surface area contributed by atoms with E-state index < -0.39 is 12.1 Å². The molecular weight excluding hydrogens is 863 g/mol. The van der Waals surface area contributed by atoms with Crippen molar-refractivity contribution in [2.45, 2.75) is 360 Å². The maximum atomic E-state index is 12.4. The second kappa shape index (κ2) is 59.9. The summed E-state index contributed by atoms with van der Waals surface area (Å²) in [4.78, 5) is 24.4. The fraction of sp³-hybridized carbons (Fsp3) is 0.906. The minimum absolute atomic E-state index is 0.0149. The highest BCUT2D eigenvalue weighted by atomic mass is 16.5. The molecule has 0 spiro atoms. The molecule has 0 aliphatic rings. The number of unbranched alkanes of at least 4 members (excludes halogenated alkanes) is 44. The van der Waals surface area contributed by atoms with E-state index in [0.717, 1.165) is 44.9 Å². The normalized spacial score (nSPS) is 12.7. The monoisotopic (exact) mass is 986 g/mol. The number of aliphatic hydroxyl groups is 2. The first-order valence-corrected chi connectivity index (χ1v) is 31.6. The summed E-state index contributed by atoms with van der Waals surface area (Å²) < 4.78 is 5.48. The van der Waals surface area contributed by atoms with E-state index in [1.54, 1.807) is 0 Å². The van der Waals surface area contributed by atoms with Crippen LogP contribution < -0.4 is 5.32 Å². The van der Waals surface area contributed by atoms with Crippen LogP contribution in [0.1, 0.15) is 348 Å². The Kier molecular flexibility index (Phi) is 58.5. The van der Waals surface area contributed by atoms with Gasteiger partial charge in [-0.2, -0.15) is 0 Å². The van der Waals surface area contributed by atoms with Crippen LogP contribution in [0.25, 0.3) is 0 Å². The summed E-state index contributed by atoms with van der Waals surface area (Å²) in [6.07, 6.45) is 73.6. The van der Waals surface area contributed by atoms with E-state index in [9.17, 15) is 19.8 Å². The van der Waals surface area contributed by atoms with Crippen LogP contribution in [-0.2, 0) is 14.3 Å². The largest absolute Gasteiger partial charge is 0.466 e. The fourth-order valence-electron chi connectivity index (χ4n) is 9.91. The summed E-state index contributed by atoms with van der Waals surface area (Å²) in [6.45, 7) is 4.95. The molecule has 0 rings (SSSR count). The van der Waals surface area contributed by atoms with E-state index >= 15 is 0 Å². The predicted molar refractivity (Wildman–Crippen MR) is 306 cm³/mol. The molecule has 0 aromatic heterocycles. The lowest BCUT2D eigenvalue weighted by molar-refractivity contribution is -0.143. The minimum Gasteiger partial charge on any atom is -0.466 e. The zero-order valence-electron chi connectivity index (χ0n) is 47.3. The maximum absolute atomic E-state index is 12.4. The van der Waals surface area contributed by atoms with Crippen molar-refractivity contribution in [1.29, 1.82) is 0 Å². The van der Waals surface area contributed by atoms with E-state index in [2.05, 4.69) is 43.5 Å². The first-order chi connectivity index (χ1) is 34.5. The van der Waals surface area contributed by atoms with Crippen molar-refractivity contribution in [2.24, 2.45) is 0 Å². The van der Waals surface area contributed by atoms with Crippen LogP contribution in [0, 0.1) is 0 Å². The Morgan fingerprint density at radius 2 is 0.714 bits per heavy atom. The second-order valence-electron chi connectivity index (χ2n) is 21.7. The smallest absolute Gasteiger partial charge is 0.305 e. The van der Waals surface area contributed by atoms with Crippen molar-refractivity contribution < 1.29 is 24.5 Å². The van der Waals surface area contributed by atoms with Gasteiger partial charge in [0.05, 0.1) is 25.4 Å². The number of hydrogen-bond acceptors (Lipinski definition) is 5. The molecule has 414 valence electrons. The third-order valence-electron chi connectivity index (χ3n) is 14.8. The van der Waals surface area contributed by atoms with E-state index in [0.29, 0.717) is 25.9 Å². The van der Waals surface area contributed by atoms with E-state index in [-0.39, 0.29) is 18.5 Å². The van der Waals surface area contributed by atoms with E-state index in [1.165, 1.54) is 270 Å². The SMILES string of the molecule is CCCCCCCCCCCCCCCC(=O)OCCCCCCCCCCC/C=C\C/C=C\CCCCCCCCCCCCCCCCCC(=O)NC(CO)C(O)CCCCCCCCCCC. The molecule has 0 fully saturated rings. The zero-order valence-corrected chi connectivity index (χ0v) is 47.3. The number of esters is 1. The number of carbonyl (C=O) groups excluding carboxylic acids is 2. The van der Waals surface area contributed by atoms with Crippen molar-refractivity contribution in [3.05, 3.63) is 24.3 Å². The van der Waals surface area contributed by atoms with Gasteiger partial charge < -0.3 is 20.3 Å². The van der Waals surface area contributed by atoms with Crippen LogP contribution >= 0.6 is 0 Å². The molecule has 0 aromatic carbocycles. The summed E-state index contributed by atoms with van der Waals surface area (Å²) in [5.41, 5.74) is 0. The Hall–Kier alpha value is -1.66. The van der Waals surface area contributed by atoms with Crippen molar-refractivity contribution in [3.63, 3.8) is 0 Å². The number of allylic oxidation sites excluding steroid dienone is 4. The molecule has 0 aliphatic heterocycles. The zero-order chi connectivity index (χ0) is 50.7. The molecule has 6 heteroatoms. The average Bonchev–Trinajstić information content (AvgIpc) is 3.36. The van der Waals surface area contributed by atoms with Gasteiger partial charge in [0.1, 0.15) is 0 Å². The van der Waals surface area contributed by atoms with Crippen LogP contribution in [0.3, 0.4) is 0 Å². The molecule has 0 radical (unpaired) electrons. The lowest BCUT2D eigenvalue weighted by Crippen LogP contribution is -2.45. The minimum atomic E-state index is -0.661. The van der Waals surface area contributed by atoms with Gasteiger partial charge in [-0.05, 0) is 57.8 Å². The highest BCUT2D eigenvalue weighted by molar-refractivity contribution is 5.76. The molecular formula is C64H123NO5.